The van der Waals surface area contributed by atoms with Gasteiger partial charge in [-0.2, -0.15) is 4.98 Å². The first kappa shape index (κ1) is 19.1. The minimum atomic E-state index is -0.00853. The van der Waals surface area contributed by atoms with Gasteiger partial charge in [0.15, 0.2) is 0 Å². The van der Waals surface area contributed by atoms with Crippen LogP contribution in [0.4, 0.5) is 0 Å². The number of likely N-dealkylation sites (N-methyl/N-ethyl adjacent to an activating group) is 1. The fourth-order valence-corrected chi connectivity index (χ4v) is 2.49. The summed E-state index contributed by atoms with van der Waals surface area (Å²) in [6.07, 6.45) is 0.783. The molecule has 1 amide bonds. The van der Waals surface area contributed by atoms with Gasteiger partial charge in [-0.3, -0.25) is 4.79 Å². The first-order chi connectivity index (χ1) is 12.0. The third-order valence-electron chi connectivity index (χ3n) is 4.03. The van der Waals surface area contributed by atoms with Crippen molar-refractivity contribution in [3.63, 3.8) is 0 Å². The monoisotopic (exact) mass is 344 g/mol. The van der Waals surface area contributed by atoms with Crippen molar-refractivity contribution in [1.29, 1.82) is 0 Å². The molecule has 0 saturated carbocycles. The summed E-state index contributed by atoms with van der Waals surface area (Å²) < 4.78 is 5.26. The summed E-state index contributed by atoms with van der Waals surface area (Å²) in [6.45, 7) is 9.90. The molecule has 1 heterocycles. The van der Waals surface area contributed by atoms with Crippen molar-refractivity contribution in [2.24, 2.45) is 0 Å². The molecule has 6 nitrogen and oxygen atoms in total. The molecular weight excluding hydrogens is 316 g/mol. The fraction of sp³-hybridized carbons (Fsp3) is 0.526. The lowest BCUT2D eigenvalue weighted by atomic mass is 10.0. The van der Waals surface area contributed by atoms with E-state index in [0.29, 0.717) is 37.0 Å². The van der Waals surface area contributed by atoms with E-state index >= 15 is 0 Å². The molecular formula is C19H28N4O2. The Balaban J connectivity index is 1.84. The molecule has 25 heavy (non-hydrogen) atoms. The number of carbonyl (C=O) groups excluding carboxylic acids is 1. The minimum absolute atomic E-state index is 0.00853. The maximum Gasteiger partial charge on any atom is 0.227 e. The van der Waals surface area contributed by atoms with Gasteiger partial charge in [-0.05, 0) is 24.9 Å². The zero-order valence-corrected chi connectivity index (χ0v) is 15.5. The Morgan fingerprint density at radius 1 is 1.20 bits per heavy atom. The number of nitrogens with one attached hydrogen (secondary N) is 2. The van der Waals surface area contributed by atoms with E-state index in [1.165, 1.54) is 5.56 Å². The molecule has 2 rings (SSSR count). The summed E-state index contributed by atoms with van der Waals surface area (Å²) in [4.78, 5) is 16.3. The number of aromatic nitrogens is 2. The van der Waals surface area contributed by atoms with Gasteiger partial charge in [0, 0.05) is 31.0 Å². The van der Waals surface area contributed by atoms with E-state index in [1.54, 1.807) is 0 Å². The van der Waals surface area contributed by atoms with Crippen molar-refractivity contribution >= 4 is 5.91 Å². The van der Waals surface area contributed by atoms with E-state index in [2.05, 4.69) is 46.8 Å². The van der Waals surface area contributed by atoms with Gasteiger partial charge in [-0.1, -0.05) is 50.2 Å². The highest BCUT2D eigenvalue weighted by Crippen LogP contribution is 2.20. The molecule has 0 saturated heterocycles. The van der Waals surface area contributed by atoms with E-state index in [9.17, 15) is 4.79 Å². The number of amides is 1. The van der Waals surface area contributed by atoms with Crippen LogP contribution in [0.3, 0.4) is 0 Å². The number of rotatable bonds is 9. The Morgan fingerprint density at radius 3 is 2.56 bits per heavy atom. The molecule has 1 atom stereocenters. The first-order valence-electron chi connectivity index (χ1n) is 8.92. The average molecular weight is 344 g/mol. The first-order valence-corrected chi connectivity index (χ1v) is 8.92. The summed E-state index contributed by atoms with van der Waals surface area (Å²) in [5.41, 5.74) is 2.19. The molecule has 2 aromatic rings. The zero-order chi connectivity index (χ0) is 18.2. The summed E-state index contributed by atoms with van der Waals surface area (Å²) in [6, 6.07) is 8.42. The van der Waals surface area contributed by atoms with Crippen LogP contribution in [0.2, 0.25) is 0 Å². The topological polar surface area (TPSA) is 80.0 Å². The standard InChI is InChI=1S/C19H28N4O2/c1-5-20-14(4)12-21-17(24)10-11-18-22-19(23-25-18)16-8-6-15(7-9-16)13(2)3/h6-9,13-14,20H,5,10-12H2,1-4H3,(H,21,24)/t14-/m1/s1. The van der Waals surface area contributed by atoms with Crippen LogP contribution >= 0.6 is 0 Å². The molecule has 0 fully saturated rings. The second-order valence-corrected chi connectivity index (χ2v) is 6.55. The molecule has 0 aliphatic rings. The molecule has 0 aliphatic carbocycles. The quantitative estimate of drug-likeness (QED) is 0.731. The lowest BCUT2D eigenvalue weighted by Gasteiger charge is -2.12. The molecule has 6 heteroatoms. The normalized spacial score (nSPS) is 12.4. The zero-order valence-electron chi connectivity index (χ0n) is 15.5. The van der Waals surface area contributed by atoms with Crippen molar-refractivity contribution in [1.82, 2.24) is 20.8 Å². The van der Waals surface area contributed by atoms with E-state index in [1.807, 2.05) is 26.0 Å². The van der Waals surface area contributed by atoms with Crippen molar-refractivity contribution in [3.05, 3.63) is 35.7 Å². The van der Waals surface area contributed by atoms with Gasteiger partial charge in [0.25, 0.3) is 0 Å². The van der Waals surface area contributed by atoms with Gasteiger partial charge in [0.05, 0.1) is 0 Å². The Morgan fingerprint density at radius 2 is 1.92 bits per heavy atom. The van der Waals surface area contributed by atoms with Crippen molar-refractivity contribution in [2.75, 3.05) is 13.1 Å². The molecule has 1 aromatic carbocycles. The maximum absolute atomic E-state index is 11.9. The molecule has 0 unspecified atom stereocenters. The predicted octanol–water partition coefficient (Wildman–Crippen LogP) is 2.91. The van der Waals surface area contributed by atoms with Crippen LogP contribution in [0.1, 0.15) is 51.5 Å². The predicted molar refractivity (Wildman–Crippen MR) is 98.3 cm³/mol. The lowest BCUT2D eigenvalue weighted by molar-refractivity contribution is -0.121. The number of nitrogens with zero attached hydrogens (tertiary/aromatic N) is 2. The van der Waals surface area contributed by atoms with Crippen molar-refractivity contribution < 1.29 is 9.32 Å². The summed E-state index contributed by atoms with van der Waals surface area (Å²) in [7, 11) is 0. The second-order valence-electron chi connectivity index (χ2n) is 6.55. The second kappa shape index (κ2) is 9.32. The number of hydrogen-bond acceptors (Lipinski definition) is 5. The average Bonchev–Trinajstić information content (AvgIpc) is 3.07. The van der Waals surface area contributed by atoms with E-state index in [4.69, 9.17) is 4.52 Å². The summed E-state index contributed by atoms with van der Waals surface area (Å²) in [5.74, 6) is 1.53. The highest BCUT2D eigenvalue weighted by molar-refractivity contribution is 5.76. The third-order valence-corrected chi connectivity index (χ3v) is 4.03. The number of carbonyl (C=O) groups is 1. The Bertz CT molecular complexity index is 664. The number of aryl methyl sites for hydroxylation is 1. The Kier molecular flexibility index (Phi) is 7.13. The van der Waals surface area contributed by atoms with Gasteiger partial charge in [-0.25, -0.2) is 0 Å². The SMILES string of the molecule is CCN[C@H](C)CNC(=O)CCc1nc(-c2ccc(C(C)C)cc2)no1. The van der Waals surface area contributed by atoms with Crippen LogP contribution in [-0.4, -0.2) is 35.2 Å². The van der Waals surface area contributed by atoms with Gasteiger partial charge in [-0.15, -0.1) is 0 Å². The fourth-order valence-electron chi connectivity index (χ4n) is 2.49. The summed E-state index contributed by atoms with van der Waals surface area (Å²) >= 11 is 0. The molecule has 0 bridgehead atoms. The van der Waals surface area contributed by atoms with Crippen molar-refractivity contribution in [3.8, 4) is 11.4 Å². The smallest absolute Gasteiger partial charge is 0.227 e. The van der Waals surface area contributed by atoms with E-state index in [0.717, 1.165) is 12.1 Å². The largest absolute Gasteiger partial charge is 0.355 e. The Hall–Kier alpha value is -2.21. The van der Waals surface area contributed by atoms with Crippen molar-refractivity contribution in [2.45, 2.75) is 52.5 Å². The van der Waals surface area contributed by atoms with Crippen LogP contribution in [0, 0.1) is 0 Å². The van der Waals surface area contributed by atoms with Crippen LogP contribution in [0.25, 0.3) is 11.4 Å². The molecule has 0 radical (unpaired) electrons. The molecule has 1 aromatic heterocycles. The van der Waals surface area contributed by atoms with Crippen LogP contribution in [-0.2, 0) is 11.2 Å². The van der Waals surface area contributed by atoms with Gasteiger partial charge >= 0.3 is 0 Å². The molecule has 2 N–H and O–H groups in total. The Labute approximate surface area is 149 Å². The van der Waals surface area contributed by atoms with Gasteiger partial charge in [0.1, 0.15) is 0 Å². The van der Waals surface area contributed by atoms with Crippen LogP contribution < -0.4 is 10.6 Å². The molecule has 0 aliphatic heterocycles. The summed E-state index contributed by atoms with van der Waals surface area (Å²) in [5, 5.41) is 10.2. The third kappa shape index (κ3) is 5.98. The van der Waals surface area contributed by atoms with E-state index < -0.39 is 0 Å². The number of benzene rings is 1. The van der Waals surface area contributed by atoms with Crippen LogP contribution in [0.5, 0.6) is 0 Å². The molecule has 0 spiro atoms. The highest BCUT2D eigenvalue weighted by atomic mass is 16.5. The lowest BCUT2D eigenvalue weighted by Crippen LogP contribution is -2.38. The minimum Gasteiger partial charge on any atom is -0.355 e. The number of hydrogen-bond donors (Lipinski definition) is 2. The van der Waals surface area contributed by atoms with Crippen LogP contribution in [0.15, 0.2) is 28.8 Å². The van der Waals surface area contributed by atoms with Gasteiger partial charge in [0.2, 0.25) is 17.6 Å². The molecule has 136 valence electrons. The maximum atomic E-state index is 11.9. The van der Waals surface area contributed by atoms with Gasteiger partial charge < -0.3 is 15.2 Å². The highest BCUT2D eigenvalue weighted by Gasteiger charge is 2.11. The van der Waals surface area contributed by atoms with E-state index in [-0.39, 0.29) is 11.9 Å².